The van der Waals surface area contributed by atoms with Crippen molar-refractivity contribution in [3.05, 3.63) is 150 Å². The Bertz CT molecular complexity index is 1960. The smallest absolute Gasteiger partial charge is 0.323 e. The Morgan fingerprint density at radius 1 is 0.702 bits per heavy atom. The van der Waals surface area contributed by atoms with E-state index in [0.29, 0.717) is 45.1 Å². The quantitative estimate of drug-likeness (QED) is 0.0735. The van der Waals surface area contributed by atoms with Gasteiger partial charge in [-0.1, -0.05) is 73.7 Å². The van der Waals surface area contributed by atoms with Crippen molar-refractivity contribution in [3.63, 3.8) is 0 Å². The molecule has 0 aromatic heterocycles. The Balaban J connectivity index is 1.30. The fourth-order valence-corrected chi connectivity index (χ4v) is 5.45. The molecule has 0 bridgehead atoms. The van der Waals surface area contributed by atoms with Crippen LogP contribution in [-0.4, -0.2) is 23.0 Å². The number of urea groups is 1. The maximum absolute atomic E-state index is 13.5. The SMILES string of the molecule is CC[C@@H](NC(=O)c1ccc2c(c1)C(=C(Nc1cccc(NC(=O)Nc3ccc(O)cc3)c1)c1ccccc1)C(=O)N2)c1ccccc1. The predicted molar refractivity (Wildman–Crippen MR) is 186 cm³/mol. The summed E-state index contributed by atoms with van der Waals surface area (Å²) in [5, 5.41) is 24.5. The highest BCUT2D eigenvalue weighted by atomic mass is 16.3. The van der Waals surface area contributed by atoms with E-state index in [2.05, 4.69) is 26.6 Å². The fraction of sp³-hybridized carbons (Fsp3) is 0.0789. The molecule has 1 aliphatic heterocycles. The van der Waals surface area contributed by atoms with Crippen LogP contribution in [0.5, 0.6) is 5.75 Å². The normalized spacial score (nSPS) is 13.5. The topological polar surface area (TPSA) is 132 Å². The standard InChI is InChI=1S/C38H33N5O4/c1-2-32(24-10-5-3-6-11-24)42-36(45)26-16-21-33-31(22-26)34(37(46)43-33)35(25-12-7-4-8-13-25)39-28-14-9-15-29(23-28)41-38(47)40-27-17-19-30(44)20-18-27/h3-23,32,39,44H,2H2,1H3,(H,42,45)(H,43,46)(H2,40,41,47)/t32-/m1/s1. The molecule has 0 fully saturated rings. The number of phenols is 1. The lowest BCUT2D eigenvalue weighted by Gasteiger charge is -2.18. The summed E-state index contributed by atoms with van der Waals surface area (Å²) in [6.45, 7) is 2.02. The van der Waals surface area contributed by atoms with Crippen LogP contribution in [-0.2, 0) is 4.79 Å². The van der Waals surface area contributed by atoms with E-state index in [4.69, 9.17) is 0 Å². The van der Waals surface area contributed by atoms with Gasteiger partial charge in [-0.05, 0) is 78.2 Å². The fourth-order valence-electron chi connectivity index (χ4n) is 5.45. The highest BCUT2D eigenvalue weighted by Crippen LogP contribution is 2.38. The number of fused-ring (bicyclic) bond motifs is 1. The van der Waals surface area contributed by atoms with Gasteiger partial charge in [0.05, 0.1) is 17.3 Å². The molecule has 1 aliphatic rings. The number of aromatic hydroxyl groups is 1. The average molecular weight is 624 g/mol. The van der Waals surface area contributed by atoms with Crippen molar-refractivity contribution in [3.8, 4) is 5.75 Å². The molecule has 6 rings (SSSR count). The second-order valence-electron chi connectivity index (χ2n) is 11.0. The van der Waals surface area contributed by atoms with Crippen LogP contribution in [0.3, 0.4) is 0 Å². The summed E-state index contributed by atoms with van der Waals surface area (Å²) in [5.41, 5.74) is 6.02. The van der Waals surface area contributed by atoms with Crippen LogP contribution in [0.2, 0.25) is 0 Å². The number of nitrogens with one attached hydrogen (secondary N) is 5. The Morgan fingerprint density at radius 3 is 2.06 bits per heavy atom. The Hall–Kier alpha value is -6.35. The number of rotatable bonds is 9. The van der Waals surface area contributed by atoms with E-state index in [1.807, 2.05) is 73.7 Å². The van der Waals surface area contributed by atoms with Crippen LogP contribution >= 0.6 is 0 Å². The average Bonchev–Trinajstić information content (AvgIpc) is 3.42. The number of hydrogen-bond acceptors (Lipinski definition) is 5. The van der Waals surface area contributed by atoms with Crippen LogP contribution < -0.4 is 26.6 Å². The number of carbonyl (C=O) groups is 3. The van der Waals surface area contributed by atoms with Gasteiger partial charge < -0.3 is 31.7 Å². The third kappa shape index (κ3) is 7.15. The lowest BCUT2D eigenvalue weighted by molar-refractivity contribution is -0.110. The summed E-state index contributed by atoms with van der Waals surface area (Å²) in [5.74, 6) is -0.438. The molecule has 0 radical (unpaired) electrons. The van der Waals surface area contributed by atoms with Crippen molar-refractivity contribution in [1.29, 1.82) is 0 Å². The van der Waals surface area contributed by atoms with Gasteiger partial charge in [-0.15, -0.1) is 0 Å². The van der Waals surface area contributed by atoms with E-state index in [1.54, 1.807) is 48.5 Å². The first-order valence-corrected chi connectivity index (χ1v) is 15.2. The predicted octanol–water partition coefficient (Wildman–Crippen LogP) is 7.85. The van der Waals surface area contributed by atoms with E-state index in [-0.39, 0.29) is 23.6 Å². The Morgan fingerprint density at radius 2 is 1.36 bits per heavy atom. The molecule has 6 N–H and O–H groups in total. The van der Waals surface area contributed by atoms with Gasteiger partial charge in [0.1, 0.15) is 5.75 Å². The Labute approximate surface area is 272 Å². The van der Waals surface area contributed by atoms with E-state index < -0.39 is 6.03 Å². The molecule has 234 valence electrons. The molecule has 0 unspecified atom stereocenters. The number of anilines is 4. The van der Waals surface area contributed by atoms with Crippen molar-refractivity contribution in [2.75, 3.05) is 21.3 Å². The van der Waals surface area contributed by atoms with Gasteiger partial charge in [0.25, 0.3) is 11.8 Å². The zero-order valence-corrected chi connectivity index (χ0v) is 25.6. The molecule has 0 spiro atoms. The summed E-state index contributed by atoms with van der Waals surface area (Å²) >= 11 is 0. The molecular formula is C38H33N5O4. The second kappa shape index (κ2) is 13.7. The number of hydrogen-bond donors (Lipinski definition) is 6. The molecule has 0 aliphatic carbocycles. The number of benzene rings is 5. The van der Waals surface area contributed by atoms with Crippen LogP contribution in [0.15, 0.2) is 127 Å². The van der Waals surface area contributed by atoms with Gasteiger partial charge in [0.15, 0.2) is 0 Å². The first-order valence-electron chi connectivity index (χ1n) is 15.2. The van der Waals surface area contributed by atoms with Gasteiger partial charge in [0, 0.05) is 33.9 Å². The minimum Gasteiger partial charge on any atom is -0.508 e. The third-order valence-corrected chi connectivity index (χ3v) is 7.77. The van der Waals surface area contributed by atoms with Crippen LogP contribution in [0.25, 0.3) is 11.3 Å². The molecule has 9 nitrogen and oxygen atoms in total. The summed E-state index contributed by atoms with van der Waals surface area (Å²) in [4.78, 5) is 39.7. The molecule has 9 heteroatoms. The zero-order chi connectivity index (χ0) is 32.8. The van der Waals surface area contributed by atoms with E-state index in [9.17, 15) is 19.5 Å². The molecule has 4 amide bonds. The zero-order valence-electron chi connectivity index (χ0n) is 25.6. The Kier molecular flexibility index (Phi) is 8.97. The van der Waals surface area contributed by atoms with Gasteiger partial charge in [-0.25, -0.2) is 4.79 Å². The highest BCUT2D eigenvalue weighted by Gasteiger charge is 2.30. The molecule has 0 saturated heterocycles. The van der Waals surface area contributed by atoms with Crippen LogP contribution in [0, 0.1) is 0 Å². The molecule has 0 saturated carbocycles. The first-order chi connectivity index (χ1) is 22.9. The van der Waals surface area contributed by atoms with E-state index in [0.717, 1.165) is 17.5 Å². The molecule has 5 aromatic carbocycles. The van der Waals surface area contributed by atoms with Crippen LogP contribution in [0.4, 0.5) is 27.5 Å². The van der Waals surface area contributed by atoms with Crippen molar-refractivity contribution in [1.82, 2.24) is 5.32 Å². The van der Waals surface area contributed by atoms with Gasteiger partial charge in [0.2, 0.25) is 0 Å². The molecule has 47 heavy (non-hydrogen) atoms. The van der Waals surface area contributed by atoms with Crippen molar-refractivity contribution >= 4 is 51.9 Å². The summed E-state index contributed by atoms with van der Waals surface area (Å²) in [6, 6.07) is 37.1. The summed E-state index contributed by atoms with van der Waals surface area (Å²) < 4.78 is 0. The number of amides is 4. The second-order valence-corrected chi connectivity index (χ2v) is 11.0. The molecule has 1 atom stereocenters. The molecule has 1 heterocycles. The van der Waals surface area contributed by atoms with E-state index >= 15 is 0 Å². The monoisotopic (exact) mass is 623 g/mol. The third-order valence-electron chi connectivity index (χ3n) is 7.77. The minimum atomic E-state index is -0.457. The lowest BCUT2D eigenvalue weighted by atomic mass is 9.97. The maximum Gasteiger partial charge on any atom is 0.323 e. The van der Waals surface area contributed by atoms with Gasteiger partial charge in [-0.3, -0.25) is 9.59 Å². The minimum absolute atomic E-state index is 0.101. The van der Waals surface area contributed by atoms with Crippen LogP contribution in [0.1, 0.15) is 46.4 Å². The van der Waals surface area contributed by atoms with Crippen molar-refractivity contribution < 1.29 is 19.5 Å². The summed E-state index contributed by atoms with van der Waals surface area (Å²) in [6.07, 6.45) is 0.723. The maximum atomic E-state index is 13.5. The largest absolute Gasteiger partial charge is 0.508 e. The number of phenolic OH excluding ortho intramolecular Hbond substituents is 1. The lowest BCUT2D eigenvalue weighted by Crippen LogP contribution is -2.28. The van der Waals surface area contributed by atoms with Gasteiger partial charge in [-0.2, -0.15) is 0 Å². The summed E-state index contributed by atoms with van der Waals surface area (Å²) in [7, 11) is 0. The molecule has 5 aromatic rings. The van der Waals surface area contributed by atoms with Crippen molar-refractivity contribution in [2.24, 2.45) is 0 Å². The van der Waals surface area contributed by atoms with E-state index in [1.165, 1.54) is 12.1 Å². The molecular weight excluding hydrogens is 590 g/mol. The first kappa shape index (κ1) is 30.7. The highest BCUT2D eigenvalue weighted by molar-refractivity contribution is 6.37. The van der Waals surface area contributed by atoms with Crippen molar-refractivity contribution in [2.45, 2.75) is 19.4 Å². The van der Waals surface area contributed by atoms with Gasteiger partial charge >= 0.3 is 6.03 Å². The number of carbonyl (C=O) groups excluding carboxylic acids is 3.